The number of hydrogen-bond donors (Lipinski definition) is 1. The van der Waals surface area contributed by atoms with Crippen molar-refractivity contribution in [2.24, 2.45) is 0 Å². The van der Waals surface area contributed by atoms with Crippen LogP contribution in [0.3, 0.4) is 0 Å². The van der Waals surface area contributed by atoms with E-state index in [9.17, 15) is 17.6 Å². The van der Waals surface area contributed by atoms with E-state index in [1.54, 1.807) is 12.1 Å². The zero-order valence-electron chi connectivity index (χ0n) is 14.4. The highest BCUT2D eigenvalue weighted by atomic mass is 19.4. The molecule has 2 aromatic carbocycles. The van der Waals surface area contributed by atoms with Crippen molar-refractivity contribution in [2.75, 3.05) is 13.1 Å². The molecule has 1 heterocycles. The van der Waals surface area contributed by atoms with Gasteiger partial charge in [-0.3, -0.25) is 0 Å². The summed E-state index contributed by atoms with van der Waals surface area (Å²) in [6, 6.07) is 10.1. The predicted octanol–water partition coefficient (Wildman–Crippen LogP) is 4.82. The Bertz CT molecular complexity index is 760. The van der Waals surface area contributed by atoms with E-state index in [1.807, 2.05) is 6.92 Å². The Balaban J connectivity index is 1.78. The van der Waals surface area contributed by atoms with Crippen LogP contribution in [0.4, 0.5) is 17.6 Å². The SMILES string of the molecule is Cc1cc(F)ccc1C1CNCCC1OCc1ccccc1C(F)(F)F. The Labute approximate surface area is 150 Å². The highest BCUT2D eigenvalue weighted by Crippen LogP contribution is 2.34. The lowest BCUT2D eigenvalue weighted by molar-refractivity contribution is -0.139. The Morgan fingerprint density at radius 1 is 1.15 bits per heavy atom. The zero-order chi connectivity index (χ0) is 18.7. The maximum absolute atomic E-state index is 13.4. The third kappa shape index (κ3) is 4.24. The van der Waals surface area contributed by atoms with Crippen molar-refractivity contribution in [3.05, 3.63) is 70.5 Å². The van der Waals surface area contributed by atoms with Crippen molar-refractivity contribution in [3.8, 4) is 0 Å². The highest BCUT2D eigenvalue weighted by molar-refractivity contribution is 5.32. The van der Waals surface area contributed by atoms with Crippen LogP contribution in [0.25, 0.3) is 0 Å². The Morgan fingerprint density at radius 3 is 2.65 bits per heavy atom. The number of ether oxygens (including phenoxy) is 1. The summed E-state index contributed by atoms with van der Waals surface area (Å²) in [5.74, 6) is -0.325. The molecule has 0 spiro atoms. The molecule has 140 valence electrons. The summed E-state index contributed by atoms with van der Waals surface area (Å²) in [6.07, 6.45) is -3.93. The van der Waals surface area contributed by atoms with Gasteiger partial charge in [-0.15, -0.1) is 0 Å². The van der Waals surface area contributed by atoms with E-state index in [-0.39, 0.29) is 30.0 Å². The number of alkyl halides is 3. The summed E-state index contributed by atoms with van der Waals surface area (Å²) in [6.45, 7) is 3.13. The smallest absolute Gasteiger partial charge is 0.373 e. The Hall–Kier alpha value is -1.92. The molecule has 3 rings (SSSR count). The first-order valence-electron chi connectivity index (χ1n) is 8.59. The molecule has 0 aliphatic carbocycles. The maximum atomic E-state index is 13.4. The van der Waals surface area contributed by atoms with Gasteiger partial charge in [0.25, 0.3) is 0 Å². The molecule has 2 unspecified atom stereocenters. The van der Waals surface area contributed by atoms with Crippen molar-refractivity contribution < 1.29 is 22.3 Å². The van der Waals surface area contributed by atoms with Crippen molar-refractivity contribution in [3.63, 3.8) is 0 Å². The third-order valence-electron chi connectivity index (χ3n) is 4.83. The quantitative estimate of drug-likeness (QED) is 0.783. The molecule has 1 aliphatic heterocycles. The van der Waals surface area contributed by atoms with Crippen LogP contribution >= 0.6 is 0 Å². The van der Waals surface area contributed by atoms with Crippen LogP contribution in [0.2, 0.25) is 0 Å². The molecule has 26 heavy (non-hydrogen) atoms. The fraction of sp³-hybridized carbons (Fsp3) is 0.400. The summed E-state index contributed by atoms with van der Waals surface area (Å²) in [5, 5.41) is 3.29. The average Bonchev–Trinajstić information content (AvgIpc) is 2.60. The minimum atomic E-state index is -4.40. The van der Waals surface area contributed by atoms with Crippen LogP contribution in [0.1, 0.15) is 34.6 Å². The number of benzene rings is 2. The molecule has 1 saturated heterocycles. The van der Waals surface area contributed by atoms with Crippen molar-refractivity contribution in [1.82, 2.24) is 5.32 Å². The third-order valence-corrected chi connectivity index (χ3v) is 4.83. The van der Waals surface area contributed by atoms with E-state index in [0.717, 1.165) is 23.7 Å². The molecule has 0 radical (unpaired) electrons. The number of nitrogens with one attached hydrogen (secondary N) is 1. The number of piperidine rings is 1. The second-order valence-corrected chi connectivity index (χ2v) is 6.60. The molecule has 6 heteroatoms. The molecular weight excluding hydrogens is 346 g/mol. The first-order chi connectivity index (χ1) is 12.4. The molecule has 0 amide bonds. The van der Waals surface area contributed by atoms with Gasteiger partial charge >= 0.3 is 6.18 Å². The van der Waals surface area contributed by atoms with Crippen molar-refractivity contribution in [2.45, 2.75) is 38.1 Å². The van der Waals surface area contributed by atoms with Gasteiger partial charge in [0.05, 0.1) is 18.3 Å². The number of hydrogen-bond acceptors (Lipinski definition) is 2. The van der Waals surface area contributed by atoms with Gasteiger partial charge in [0.1, 0.15) is 5.82 Å². The van der Waals surface area contributed by atoms with Gasteiger partial charge in [-0.25, -0.2) is 4.39 Å². The number of aryl methyl sites for hydroxylation is 1. The normalized spacial score (nSPS) is 21.0. The van der Waals surface area contributed by atoms with Gasteiger partial charge in [-0.05, 0) is 54.8 Å². The highest BCUT2D eigenvalue weighted by Gasteiger charge is 2.34. The Morgan fingerprint density at radius 2 is 1.92 bits per heavy atom. The standard InChI is InChI=1S/C20H21F4NO/c1-13-10-15(21)6-7-16(13)17-11-25-9-8-19(17)26-12-14-4-2-3-5-18(14)20(22,23)24/h2-7,10,17,19,25H,8-9,11-12H2,1H3. The van der Waals surface area contributed by atoms with Gasteiger partial charge in [-0.1, -0.05) is 24.3 Å². The summed E-state index contributed by atoms with van der Waals surface area (Å²) >= 11 is 0. The zero-order valence-corrected chi connectivity index (χ0v) is 14.4. The summed E-state index contributed by atoms with van der Waals surface area (Å²) in [7, 11) is 0. The molecule has 2 nitrogen and oxygen atoms in total. The fourth-order valence-electron chi connectivity index (χ4n) is 3.52. The van der Waals surface area contributed by atoms with Crippen molar-refractivity contribution in [1.29, 1.82) is 0 Å². The van der Waals surface area contributed by atoms with E-state index in [4.69, 9.17) is 4.74 Å². The van der Waals surface area contributed by atoms with Crippen LogP contribution in [-0.2, 0) is 17.5 Å². The summed E-state index contributed by atoms with van der Waals surface area (Å²) in [4.78, 5) is 0. The fourth-order valence-corrected chi connectivity index (χ4v) is 3.52. The number of halogens is 4. The van der Waals surface area contributed by atoms with Crippen LogP contribution in [0.5, 0.6) is 0 Å². The molecule has 0 bridgehead atoms. The summed E-state index contributed by atoms with van der Waals surface area (Å²) < 4.78 is 58.7. The molecule has 1 N–H and O–H groups in total. The molecule has 0 saturated carbocycles. The first-order valence-corrected chi connectivity index (χ1v) is 8.59. The van der Waals surface area contributed by atoms with Crippen LogP contribution in [0.15, 0.2) is 42.5 Å². The van der Waals surface area contributed by atoms with Gasteiger partial charge < -0.3 is 10.1 Å². The Kier molecular flexibility index (Phi) is 5.63. The van der Waals surface area contributed by atoms with E-state index in [2.05, 4.69) is 5.32 Å². The predicted molar refractivity (Wildman–Crippen MR) is 91.4 cm³/mol. The van der Waals surface area contributed by atoms with E-state index in [1.165, 1.54) is 24.3 Å². The van der Waals surface area contributed by atoms with Gasteiger partial charge in [0.15, 0.2) is 0 Å². The molecule has 1 aliphatic rings. The van der Waals surface area contributed by atoms with Gasteiger partial charge in [-0.2, -0.15) is 13.2 Å². The lowest BCUT2D eigenvalue weighted by Crippen LogP contribution is -2.40. The lowest BCUT2D eigenvalue weighted by Gasteiger charge is -2.33. The molecule has 0 aromatic heterocycles. The maximum Gasteiger partial charge on any atom is 0.416 e. The minimum absolute atomic E-state index is 0.0256. The minimum Gasteiger partial charge on any atom is -0.373 e. The van der Waals surface area contributed by atoms with Crippen LogP contribution < -0.4 is 5.32 Å². The van der Waals surface area contributed by atoms with Gasteiger partial charge in [0, 0.05) is 12.5 Å². The molecule has 2 atom stereocenters. The molecular formula is C20H21F4NO. The first kappa shape index (κ1) is 18.9. The summed E-state index contributed by atoms with van der Waals surface area (Å²) in [5.41, 5.74) is 1.26. The second kappa shape index (κ2) is 7.76. The van der Waals surface area contributed by atoms with Crippen LogP contribution in [-0.4, -0.2) is 19.2 Å². The second-order valence-electron chi connectivity index (χ2n) is 6.60. The number of rotatable bonds is 4. The van der Waals surface area contributed by atoms with Crippen molar-refractivity contribution >= 4 is 0 Å². The van der Waals surface area contributed by atoms with E-state index < -0.39 is 11.7 Å². The average molecular weight is 367 g/mol. The molecule has 2 aromatic rings. The topological polar surface area (TPSA) is 21.3 Å². The van der Waals surface area contributed by atoms with E-state index >= 15 is 0 Å². The van der Waals surface area contributed by atoms with Gasteiger partial charge in [0.2, 0.25) is 0 Å². The van der Waals surface area contributed by atoms with E-state index in [0.29, 0.717) is 13.0 Å². The monoisotopic (exact) mass is 367 g/mol. The largest absolute Gasteiger partial charge is 0.416 e. The lowest BCUT2D eigenvalue weighted by atomic mass is 9.86. The molecule has 1 fully saturated rings. The van der Waals surface area contributed by atoms with Crippen LogP contribution in [0, 0.1) is 12.7 Å².